The predicted octanol–water partition coefficient (Wildman–Crippen LogP) is 3.92. The summed E-state index contributed by atoms with van der Waals surface area (Å²) in [5.74, 6) is 0.763. The molecule has 6 heteroatoms. The van der Waals surface area contributed by atoms with E-state index in [1.54, 1.807) is 0 Å². The van der Waals surface area contributed by atoms with Gasteiger partial charge in [-0.3, -0.25) is 0 Å². The highest BCUT2D eigenvalue weighted by molar-refractivity contribution is 6.62. The van der Waals surface area contributed by atoms with Gasteiger partial charge in [0.15, 0.2) is 0 Å². The van der Waals surface area contributed by atoms with Crippen LogP contribution in [0.5, 0.6) is 5.75 Å². The molecule has 1 aromatic carbocycles. The maximum Gasteiger partial charge on any atom is 0.494 e. The number of carbonyl (C=O) groups excluding carboxylic acids is 1. The average molecular weight is 390 g/mol. The van der Waals surface area contributed by atoms with Crippen molar-refractivity contribution in [3.05, 3.63) is 24.3 Å². The molecule has 1 fully saturated rings. The lowest BCUT2D eigenvalue weighted by atomic mass is 9.79. The van der Waals surface area contributed by atoms with Crippen LogP contribution < -0.4 is 10.2 Å². The van der Waals surface area contributed by atoms with Gasteiger partial charge in [0, 0.05) is 6.42 Å². The molecule has 0 bridgehead atoms. The molecular formula is C22H35BO5. The van der Waals surface area contributed by atoms with Crippen LogP contribution in [-0.2, 0) is 18.8 Å². The molecule has 1 aliphatic heterocycles. The molecule has 0 saturated carbocycles. The van der Waals surface area contributed by atoms with E-state index in [4.69, 9.17) is 18.8 Å². The Morgan fingerprint density at radius 3 is 2.00 bits per heavy atom. The van der Waals surface area contributed by atoms with Crippen molar-refractivity contribution in [1.29, 1.82) is 0 Å². The van der Waals surface area contributed by atoms with E-state index in [2.05, 4.69) is 0 Å². The van der Waals surface area contributed by atoms with E-state index >= 15 is 0 Å². The molecular weight excluding hydrogens is 355 g/mol. The summed E-state index contributed by atoms with van der Waals surface area (Å²) in [7, 11) is -0.381. The van der Waals surface area contributed by atoms with Gasteiger partial charge in [0.1, 0.15) is 17.6 Å². The van der Waals surface area contributed by atoms with E-state index in [1.165, 1.54) is 0 Å². The molecule has 156 valence electrons. The number of carbonyl (C=O) groups is 1. The number of aldehydes is 1. The highest BCUT2D eigenvalue weighted by Gasteiger charge is 2.51. The first-order valence-electron chi connectivity index (χ1n) is 9.99. The molecule has 0 unspecified atom stereocenters. The van der Waals surface area contributed by atoms with Crippen molar-refractivity contribution in [2.24, 2.45) is 0 Å². The zero-order chi connectivity index (χ0) is 21.2. The van der Waals surface area contributed by atoms with E-state index in [-0.39, 0.29) is 23.9 Å². The minimum atomic E-state index is -0.496. The Kier molecular flexibility index (Phi) is 6.69. The molecule has 0 aromatic heterocycles. The van der Waals surface area contributed by atoms with E-state index in [9.17, 15) is 4.79 Å². The lowest BCUT2D eigenvalue weighted by Crippen LogP contribution is -2.41. The van der Waals surface area contributed by atoms with Crippen LogP contribution in [0.1, 0.15) is 68.2 Å². The summed E-state index contributed by atoms with van der Waals surface area (Å²) in [6.45, 7) is 16.6. The van der Waals surface area contributed by atoms with Gasteiger partial charge in [0.05, 0.1) is 23.4 Å². The summed E-state index contributed by atoms with van der Waals surface area (Å²) in [4.78, 5) is 10.6. The van der Waals surface area contributed by atoms with Crippen molar-refractivity contribution in [1.82, 2.24) is 0 Å². The number of hydrogen-bond acceptors (Lipinski definition) is 5. The van der Waals surface area contributed by atoms with Gasteiger partial charge in [0.25, 0.3) is 0 Å². The molecule has 0 radical (unpaired) electrons. The Hall–Kier alpha value is -1.37. The van der Waals surface area contributed by atoms with Gasteiger partial charge in [-0.2, -0.15) is 0 Å². The monoisotopic (exact) mass is 390 g/mol. The first-order chi connectivity index (χ1) is 12.8. The fourth-order valence-electron chi connectivity index (χ4n) is 2.87. The Labute approximate surface area is 170 Å². The number of rotatable bonds is 9. The standard InChI is InChI=1S/C22H35BO5/c1-19(2,14-9-15-24)25-16-20(3,4)26-18-12-10-17(11-13-18)23-27-21(5,6)22(7,8)28-23/h10-13,15H,9,14,16H2,1-8H3. The van der Waals surface area contributed by atoms with Gasteiger partial charge in [-0.05, 0) is 79.4 Å². The molecule has 5 nitrogen and oxygen atoms in total. The molecule has 0 N–H and O–H groups in total. The number of benzene rings is 1. The van der Waals surface area contributed by atoms with Gasteiger partial charge in [0.2, 0.25) is 0 Å². The molecule has 0 atom stereocenters. The van der Waals surface area contributed by atoms with Crippen LogP contribution in [0.2, 0.25) is 0 Å². The minimum absolute atomic E-state index is 0.358. The lowest BCUT2D eigenvalue weighted by Gasteiger charge is -2.32. The van der Waals surface area contributed by atoms with Crippen LogP contribution in [0.15, 0.2) is 24.3 Å². The molecule has 0 spiro atoms. The van der Waals surface area contributed by atoms with E-state index < -0.39 is 5.60 Å². The Bertz CT molecular complexity index is 648. The van der Waals surface area contributed by atoms with Crippen LogP contribution in [0.3, 0.4) is 0 Å². The third-order valence-electron chi connectivity index (χ3n) is 5.47. The second-order valence-corrected chi connectivity index (χ2v) is 9.77. The summed E-state index contributed by atoms with van der Waals surface area (Å²) in [6, 6.07) is 7.81. The molecule has 1 saturated heterocycles. The van der Waals surface area contributed by atoms with E-state index in [0.29, 0.717) is 19.4 Å². The van der Waals surface area contributed by atoms with Gasteiger partial charge < -0.3 is 23.6 Å². The summed E-state index contributed by atoms with van der Waals surface area (Å²) in [5.41, 5.74) is -0.604. The van der Waals surface area contributed by atoms with Gasteiger partial charge in [-0.25, -0.2) is 0 Å². The van der Waals surface area contributed by atoms with Crippen molar-refractivity contribution < 1.29 is 23.6 Å². The molecule has 1 aromatic rings. The second kappa shape index (κ2) is 8.17. The van der Waals surface area contributed by atoms with Crippen LogP contribution in [0, 0.1) is 0 Å². The Morgan fingerprint density at radius 1 is 0.964 bits per heavy atom. The van der Waals surface area contributed by atoms with Crippen molar-refractivity contribution in [3.63, 3.8) is 0 Å². The summed E-state index contributed by atoms with van der Waals surface area (Å²) < 4.78 is 24.3. The minimum Gasteiger partial charge on any atom is -0.485 e. The van der Waals surface area contributed by atoms with Crippen LogP contribution in [0.25, 0.3) is 0 Å². The fourth-order valence-corrected chi connectivity index (χ4v) is 2.87. The summed E-state index contributed by atoms with van der Waals surface area (Å²) in [6.07, 6.45) is 2.11. The van der Waals surface area contributed by atoms with Gasteiger partial charge in [-0.1, -0.05) is 12.1 Å². The molecule has 2 rings (SSSR count). The maximum absolute atomic E-state index is 10.6. The van der Waals surface area contributed by atoms with E-state index in [1.807, 2.05) is 79.7 Å². The Morgan fingerprint density at radius 2 is 1.50 bits per heavy atom. The smallest absolute Gasteiger partial charge is 0.485 e. The first kappa shape index (κ1) is 22.9. The van der Waals surface area contributed by atoms with Crippen LogP contribution in [0.4, 0.5) is 0 Å². The summed E-state index contributed by atoms with van der Waals surface area (Å²) >= 11 is 0. The highest BCUT2D eigenvalue weighted by atomic mass is 16.7. The Balaban J connectivity index is 1.95. The zero-order valence-electron chi connectivity index (χ0n) is 18.6. The van der Waals surface area contributed by atoms with Crippen molar-refractivity contribution in [3.8, 4) is 5.75 Å². The topological polar surface area (TPSA) is 54.0 Å². The highest BCUT2D eigenvalue weighted by Crippen LogP contribution is 2.36. The van der Waals surface area contributed by atoms with Gasteiger partial charge >= 0.3 is 7.12 Å². The third-order valence-corrected chi connectivity index (χ3v) is 5.47. The number of ether oxygens (including phenoxy) is 2. The van der Waals surface area contributed by atoms with Gasteiger partial charge in [-0.15, -0.1) is 0 Å². The second-order valence-electron chi connectivity index (χ2n) is 9.77. The van der Waals surface area contributed by atoms with Crippen molar-refractivity contribution in [2.75, 3.05) is 6.61 Å². The zero-order valence-corrected chi connectivity index (χ0v) is 18.6. The maximum atomic E-state index is 10.6. The predicted molar refractivity (Wildman–Crippen MR) is 112 cm³/mol. The summed E-state index contributed by atoms with van der Waals surface area (Å²) in [5, 5.41) is 0. The van der Waals surface area contributed by atoms with Crippen molar-refractivity contribution in [2.45, 2.75) is 90.6 Å². The molecule has 1 heterocycles. The largest absolute Gasteiger partial charge is 0.494 e. The van der Waals surface area contributed by atoms with Crippen LogP contribution >= 0.6 is 0 Å². The first-order valence-corrected chi connectivity index (χ1v) is 9.99. The molecule has 0 aliphatic carbocycles. The average Bonchev–Trinajstić information content (AvgIpc) is 2.80. The quantitative estimate of drug-likeness (QED) is 0.473. The lowest BCUT2D eigenvalue weighted by molar-refractivity contribution is -0.111. The molecule has 28 heavy (non-hydrogen) atoms. The fraction of sp³-hybridized carbons (Fsp3) is 0.682. The van der Waals surface area contributed by atoms with E-state index in [0.717, 1.165) is 17.5 Å². The van der Waals surface area contributed by atoms with Crippen LogP contribution in [-0.4, -0.2) is 42.4 Å². The third kappa shape index (κ3) is 5.82. The molecule has 1 aliphatic rings. The number of hydrogen-bond donors (Lipinski definition) is 0. The van der Waals surface area contributed by atoms with Crippen molar-refractivity contribution >= 4 is 18.9 Å². The SMILES string of the molecule is CC(C)(CCC=O)OCC(C)(C)Oc1ccc(B2OC(C)(C)C(C)(C)O2)cc1. The molecule has 0 amide bonds. The normalized spacial score (nSPS) is 18.9.